The number of fused-ring (bicyclic) bond motifs is 2. The van der Waals surface area contributed by atoms with Crippen molar-refractivity contribution >= 4 is 22.6 Å². The predicted octanol–water partition coefficient (Wildman–Crippen LogP) is 5.25. The van der Waals surface area contributed by atoms with Gasteiger partial charge in [0.25, 0.3) is 5.91 Å². The first kappa shape index (κ1) is 25.1. The van der Waals surface area contributed by atoms with Gasteiger partial charge in [0.05, 0.1) is 11.7 Å². The SMILES string of the molecule is CC(C)n1cc(-c2ccccc2)c(=O)c(C(=O)Nc2ccc(Oc3ccnc4cc5c(cc34)OCCO5)cn2)n1. The van der Waals surface area contributed by atoms with Gasteiger partial charge < -0.3 is 19.5 Å². The highest BCUT2D eigenvalue weighted by molar-refractivity contribution is 6.02. The van der Waals surface area contributed by atoms with E-state index in [1.165, 1.54) is 6.20 Å². The Hall–Kier alpha value is -5.25. The molecular formula is C30H25N5O5. The first-order valence-corrected chi connectivity index (χ1v) is 12.8. The zero-order chi connectivity index (χ0) is 27.6. The molecule has 0 fully saturated rings. The van der Waals surface area contributed by atoms with Crippen LogP contribution in [0.3, 0.4) is 0 Å². The molecule has 3 aromatic heterocycles. The van der Waals surface area contributed by atoms with Gasteiger partial charge in [0.1, 0.15) is 30.5 Å². The summed E-state index contributed by atoms with van der Waals surface area (Å²) in [6, 6.07) is 17.8. The van der Waals surface area contributed by atoms with Gasteiger partial charge in [-0.3, -0.25) is 19.3 Å². The van der Waals surface area contributed by atoms with Gasteiger partial charge in [-0.1, -0.05) is 30.3 Å². The predicted molar refractivity (Wildman–Crippen MR) is 149 cm³/mol. The molecular weight excluding hydrogens is 510 g/mol. The van der Waals surface area contributed by atoms with Gasteiger partial charge in [0.15, 0.2) is 17.2 Å². The summed E-state index contributed by atoms with van der Waals surface area (Å²) in [5.41, 5.74) is 1.14. The average molecular weight is 536 g/mol. The molecule has 0 unspecified atom stereocenters. The van der Waals surface area contributed by atoms with Crippen molar-refractivity contribution in [2.75, 3.05) is 18.5 Å². The minimum Gasteiger partial charge on any atom is -0.486 e. The van der Waals surface area contributed by atoms with Crippen molar-refractivity contribution in [1.29, 1.82) is 0 Å². The van der Waals surface area contributed by atoms with Gasteiger partial charge in [-0.15, -0.1) is 0 Å². The number of rotatable bonds is 6. The fourth-order valence-electron chi connectivity index (χ4n) is 4.31. The smallest absolute Gasteiger partial charge is 0.281 e. The van der Waals surface area contributed by atoms with Crippen molar-refractivity contribution in [2.24, 2.45) is 0 Å². The summed E-state index contributed by atoms with van der Waals surface area (Å²) < 4.78 is 19.0. The van der Waals surface area contributed by atoms with E-state index in [0.717, 1.165) is 5.39 Å². The maximum absolute atomic E-state index is 13.2. The molecule has 200 valence electrons. The standard InChI is InChI=1S/C30H25N5O5/c1-18(2)35-17-22(19-6-4-3-5-7-19)29(36)28(34-35)30(37)33-27-9-8-20(16-32-27)40-24-10-11-31-23-15-26-25(14-21(23)24)38-12-13-39-26/h3-11,14-18H,12-13H2,1-2H3,(H,32,33,37). The summed E-state index contributed by atoms with van der Waals surface area (Å²) in [4.78, 5) is 35.1. The third-order valence-corrected chi connectivity index (χ3v) is 6.34. The minimum absolute atomic E-state index is 0.0574. The number of nitrogens with zero attached hydrogens (tertiary/aromatic N) is 4. The van der Waals surface area contributed by atoms with E-state index in [-0.39, 0.29) is 17.6 Å². The van der Waals surface area contributed by atoms with Gasteiger partial charge in [-0.05, 0) is 43.7 Å². The first-order valence-electron chi connectivity index (χ1n) is 12.8. The van der Waals surface area contributed by atoms with Crippen LogP contribution >= 0.6 is 0 Å². The number of ether oxygens (including phenoxy) is 3. The van der Waals surface area contributed by atoms with E-state index in [1.807, 2.05) is 56.3 Å². The molecule has 0 atom stereocenters. The lowest BCUT2D eigenvalue weighted by atomic mass is 10.1. The number of anilines is 1. The Morgan fingerprint density at radius 1 is 1.00 bits per heavy atom. The molecule has 1 aliphatic heterocycles. The molecule has 5 aromatic rings. The molecule has 10 heteroatoms. The van der Waals surface area contributed by atoms with Crippen LogP contribution in [0, 0.1) is 0 Å². The molecule has 4 heterocycles. The molecule has 1 amide bonds. The molecule has 0 aliphatic carbocycles. The van der Waals surface area contributed by atoms with Crippen molar-refractivity contribution in [3.63, 3.8) is 0 Å². The Bertz CT molecular complexity index is 1770. The minimum atomic E-state index is -0.648. The molecule has 2 aromatic carbocycles. The normalized spacial score (nSPS) is 12.4. The maximum Gasteiger partial charge on any atom is 0.281 e. The summed E-state index contributed by atoms with van der Waals surface area (Å²) in [7, 11) is 0. The average Bonchev–Trinajstić information content (AvgIpc) is 2.97. The highest BCUT2D eigenvalue weighted by atomic mass is 16.6. The number of amides is 1. The van der Waals surface area contributed by atoms with Crippen LogP contribution in [0.2, 0.25) is 0 Å². The number of aromatic nitrogens is 4. The lowest BCUT2D eigenvalue weighted by molar-refractivity contribution is 0.101. The van der Waals surface area contributed by atoms with Crippen LogP contribution in [-0.4, -0.2) is 38.9 Å². The first-order chi connectivity index (χ1) is 19.5. The lowest BCUT2D eigenvalue weighted by Gasteiger charge is -2.19. The fourth-order valence-corrected chi connectivity index (χ4v) is 4.31. The molecule has 6 rings (SSSR count). The summed E-state index contributed by atoms with van der Waals surface area (Å²) in [5, 5.41) is 7.74. The molecule has 10 nitrogen and oxygen atoms in total. The molecule has 0 spiro atoms. The Labute approximate surface area is 229 Å². The lowest BCUT2D eigenvalue weighted by Crippen LogP contribution is -2.28. The summed E-state index contributed by atoms with van der Waals surface area (Å²) in [5.74, 6) is 1.90. The van der Waals surface area contributed by atoms with Crippen LogP contribution in [0.25, 0.3) is 22.0 Å². The second kappa shape index (κ2) is 10.5. The van der Waals surface area contributed by atoms with E-state index in [4.69, 9.17) is 14.2 Å². The van der Waals surface area contributed by atoms with Gasteiger partial charge >= 0.3 is 0 Å². The summed E-state index contributed by atoms with van der Waals surface area (Å²) >= 11 is 0. The van der Waals surface area contributed by atoms with Gasteiger partial charge in [-0.2, -0.15) is 5.10 Å². The van der Waals surface area contributed by atoms with Crippen LogP contribution in [-0.2, 0) is 0 Å². The third kappa shape index (κ3) is 4.94. The van der Waals surface area contributed by atoms with Crippen LogP contribution < -0.4 is 25.0 Å². The topological polar surface area (TPSA) is 117 Å². The highest BCUT2D eigenvalue weighted by Crippen LogP contribution is 2.38. The van der Waals surface area contributed by atoms with E-state index in [1.54, 1.807) is 35.3 Å². The second-order valence-electron chi connectivity index (χ2n) is 9.42. The third-order valence-electron chi connectivity index (χ3n) is 6.34. The van der Waals surface area contributed by atoms with Crippen molar-refractivity contribution in [3.05, 3.63) is 95.2 Å². The molecule has 0 saturated heterocycles. The molecule has 0 saturated carbocycles. The Kier molecular flexibility index (Phi) is 6.57. The highest BCUT2D eigenvalue weighted by Gasteiger charge is 2.20. The molecule has 0 radical (unpaired) electrons. The van der Waals surface area contributed by atoms with Crippen LogP contribution in [0.15, 0.2) is 84.0 Å². The van der Waals surface area contributed by atoms with Crippen molar-refractivity contribution in [1.82, 2.24) is 19.7 Å². The van der Waals surface area contributed by atoms with E-state index in [0.29, 0.717) is 52.9 Å². The van der Waals surface area contributed by atoms with Gasteiger partial charge in [0.2, 0.25) is 5.43 Å². The molecule has 1 N–H and O–H groups in total. The Morgan fingerprint density at radius 3 is 2.50 bits per heavy atom. The van der Waals surface area contributed by atoms with Crippen molar-refractivity contribution in [2.45, 2.75) is 19.9 Å². The molecule has 40 heavy (non-hydrogen) atoms. The number of carbonyl (C=O) groups is 1. The monoisotopic (exact) mass is 535 g/mol. The largest absolute Gasteiger partial charge is 0.486 e. The fraction of sp³-hybridized carbons (Fsp3) is 0.167. The quantitative estimate of drug-likeness (QED) is 0.313. The van der Waals surface area contributed by atoms with Crippen LogP contribution in [0.1, 0.15) is 30.4 Å². The van der Waals surface area contributed by atoms with E-state index in [9.17, 15) is 9.59 Å². The Morgan fingerprint density at radius 2 is 1.77 bits per heavy atom. The zero-order valence-corrected chi connectivity index (χ0v) is 21.8. The summed E-state index contributed by atoms with van der Waals surface area (Å²) in [6.07, 6.45) is 4.80. The van der Waals surface area contributed by atoms with Crippen LogP contribution in [0.5, 0.6) is 23.0 Å². The zero-order valence-electron chi connectivity index (χ0n) is 21.8. The van der Waals surface area contributed by atoms with E-state index < -0.39 is 11.3 Å². The number of nitrogens with one attached hydrogen (secondary N) is 1. The van der Waals surface area contributed by atoms with E-state index >= 15 is 0 Å². The maximum atomic E-state index is 13.2. The summed E-state index contributed by atoms with van der Waals surface area (Å²) in [6.45, 7) is 4.82. The van der Waals surface area contributed by atoms with Crippen molar-refractivity contribution in [3.8, 4) is 34.1 Å². The number of benzene rings is 2. The van der Waals surface area contributed by atoms with Crippen LogP contribution in [0.4, 0.5) is 5.82 Å². The number of hydrogen-bond donors (Lipinski definition) is 1. The van der Waals surface area contributed by atoms with E-state index in [2.05, 4.69) is 20.4 Å². The molecule has 0 bridgehead atoms. The Balaban J connectivity index is 1.24. The second-order valence-corrected chi connectivity index (χ2v) is 9.42. The number of hydrogen-bond acceptors (Lipinski definition) is 8. The van der Waals surface area contributed by atoms with Crippen molar-refractivity contribution < 1.29 is 19.0 Å². The number of pyridine rings is 2. The van der Waals surface area contributed by atoms with Gasteiger partial charge in [-0.25, -0.2) is 4.98 Å². The molecule has 1 aliphatic rings. The number of carbonyl (C=O) groups excluding carboxylic acids is 1. The van der Waals surface area contributed by atoms with Gasteiger partial charge in [0, 0.05) is 35.5 Å².